The lowest BCUT2D eigenvalue weighted by atomic mass is 10.1. The van der Waals surface area contributed by atoms with Crippen molar-refractivity contribution < 1.29 is 4.79 Å². The minimum atomic E-state index is 0.664. The van der Waals surface area contributed by atoms with Crippen LogP contribution >= 0.6 is 0 Å². The minimum absolute atomic E-state index is 0.664. The standard InChI is InChI=1S/C8H16N2O/c9-6-8-2-4-10(7-8)3-1-5-11/h5,8H,1-4,6-7,9H2. The average Bonchev–Trinajstić information content (AvgIpc) is 2.48. The summed E-state index contributed by atoms with van der Waals surface area (Å²) in [6.07, 6.45) is 2.85. The number of likely N-dealkylation sites (tertiary alicyclic amines) is 1. The zero-order valence-electron chi connectivity index (χ0n) is 6.83. The smallest absolute Gasteiger partial charge is 0.121 e. The van der Waals surface area contributed by atoms with Crippen molar-refractivity contribution in [2.45, 2.75) is 12.8 Å². The molecule has 0 aromatic rings. The Morgan fingerprint density at radius 3 is 3.00 bits per heavy atom. The summed E-state index contributed by atoms with van der Waals surface area (Å²) in [4.78, 5) is 12.4. The summed E-state index contributed by atoms with van der Waals surface area (Å²) >= 11 is 0. The van der Waals surface area contributed by atoms with E-state index in [1.165, 1.54) is 6.42 Å². The van der Waals surface area contributed by atoms with Gasteiger partial charge in [0.1, 0.15) is 6.29 Å². The number of carbonyl (C=O) groups excluding carboxylic acids is 1. The Labute approximate surface area is 67.5 Å². The fourth-order valence-corrected chi connectivity index (χ4v) is 1.54. The fraction of sp³-hybridized carbons (Fsp3) is 0.875. The van der Waals surface area contributed by atoms with Gasteiger partial charge in [-0.15, -0.1) is 0 Å². The van der Waals surface area contributed by atoms with E-state index in [1.807, 2.05) is 0 Å². The number of nitrogens with two attached hydrogens (primary N) is 1. The van der Waals surface area contributed by atoms with Crippen LogP contribution in [0.2, 0.25) is 0 Å². The summed E-state index contributed by atoms with van der Waals surface area (Å²) in [5.41, 5.74) is 5.53. The van der Waals surface area contributed by atoms with Gasteiger partial charge in [0.2, 0.25) is 0 Å². The van der Waals surface area contributed by atoms with Crippen molar-refractivity contribution in [3.05, 3.63) is 0 Å². The molecule has 3 heteroatoms. The van der Waals surface area contributed by atoms with Crippen LogP contribution in [0, 0.1) is 5.92 Å². The first-order valence-corrected chi connectivity index (χ1v) is 4.23. The molecule has 0 bridgehead atoms. The van der Waals surface area contributed by atoms with Crippen LogP contribution in [0.4, 0.5) is 0 Å². The molecule has 0 aromatic heterocycles. The number of aldehydes is 1. The van der Waals surface area contributed by atoms with Gasteiger partial charge in [-0.1, -0.05) is 0 Å². The Morgan fingerprint density at radius 2 is 2.45 bits per heavy atom. The first-order valence-electron chi connectivity index (χ1n) is 4.23. The second kappa shape index (κ2) is 4.46. The molecule has 0 amide bonds. The van der Waals surface area contributed by atoms with Crippen LogP contribution in [0.1, 0.15) is 12.8 Å². The predicted molar refractivity (Wildman–Crippen MR) is 44.3 cm³/mol. The molecule has 64 valence electrons. The molecular weight excluding hydrogens is 140 g/mol. The van der Waals surface area contributed by atoms with Crippen LogP contribution in [0.15, 0.2) is 0 Å². The van der Waals surface area contributed by atoms with Gasteiger partial charge >= 0.3 is 0 Å². The van der Waals surface area contributed by atoms with E-state index in [0.29, 0.717) is 12.3 Å². The zero-order chi connectivity index (χ0) is 8.10. The molecule has 0 aliphatic carbocycles. The molecule has 1 rings (SSSR count). The van der Waals surface area contributed by atoms with E-state index in [2.05, 4.69) is 4.90 Å². The number of hydrogen-bond donors (Lipinski definition) is 1. The molecule has 1 unspecified atom stereocenters. The predicted octanol–water partition coefficient (Wildman–Crippen LogP) is -0.144. The largest absolute Gasteiger partial charge is 0.330 e. The quantitative estimate of drug-likeness (QED) is 0.576. The van der Waals surface area contributed by atoms with Gasteiger partial charge < -0.3 is 15.4 Å². The fourth-order valence-electron chi connectivity index (χ4n) is 1.54. The van der Waals surface area contributed by atoms with Gasteiger partial charge in [0.25, 0.3) is 0 Å². The van der Waals surface area contributed by atoms with Crippen LogP contribution in [-0.4, -0.2) is 37.4 Å². The van der Waals surface area contributed by atoms with Crippen LogP contribution in [0.3, 0.4) is 0 Å². The molecular formula is C8H16N2O. The highest BCUT2D eigenvalue weighted by Crippen LogP contribution is 2.14. The lowest BCUT2D eigenvalue weighted by Crippen LogP contribution is -2.24. The summed E-state index contributed by atoms with van der Waals surface area (Å²) in [6, 6.07) is 0. The highest BCUT2D eigenvalue weighted by atomic mass is 16.1. The summed E-state index contributed by atoms with van der Waals surface area (Å²) in [5, 5.41) is 0. The minimum Gasteiger partial charge on any atom is -0.330 e. The van der Waals surface area contributed by atoms with Gasteiger partial charge in [0.15, 0.2) is 0 Å². The number of hydrogen-bond acceptors (Lipinski definition) is 3. The van der Waals surface area contributed by atoms with Crippen LogP contribution in [0.5, 0.6) is 0 Å². The van der Waals surface area contributed by atoms with Crippen molar-refractivity contribution in [2.24, 2.45) is 11.7 Å². The van der Waals surface area contributed by atoms with Crippen molar-refractivity contribution in [1.29, 1.82) is 0 Å². The van der Waals surface area contributed by atoms with Crippen molar-refractivity contribution in [3.63, 3.8) is 0 Å². The third kappa shape index (κ3) is 2.60. The number of carbonyl (C=O) groups is 1. The van der Waals surface area contributed by atoms with Gasteiger partial charge in [-0.25, -0.2) is 0 Å². The van der Waals surface area contributed by atoms with Crippen molar-refractivity contribution in [3.8, 4) is 0 Å². The summed E-state index contributed by atoms with van der Waals surface area (Å²) in [5.74, 6) is 0.668. The molecule has 0 aromatic carbocycles. The van der Waals surface area contributed by atoms with Gasteiger partial charge in [0.05, 0.1) is 0 Å². The van der Waals surface area contributed by atoms with Gasteiger partial charge in [-0.3, -0.25) is 0 Å². The monoisotopic (exact) mass is 156 g/mol. The maximum atomic E-state index is 10.1. The summed E-state index contributed by atoms with van der Waals surface area (Å²) < 4.78 is 0. The second-order valence-electron chi connectivity index (χ2n) is 3.15. The molecule has 1 aliphatic heterocycles. The topological polar surface area (TPSA) is 46.3 Å². The molecule has 1 saturated heterocycles. The molecule has 1 atom stereocenters. The Morgan fingerprint density at radius 1 is 1.64 bits per heavy atom. The lowest BCUT2D eigenvalue weighted by Gasteiger charge is -2.12. The van der Waals surface area contributed by atoms with E-state index >= 15 is 0 Å². The third-order valence-electron chi connectivity index (χ3n) is 2.27. The Balaban J connectivity index is 2.13. The molecule has 2 N–H and O–H groups in total. The number of nitrogens with zero attached hydrogens (tertiary/aromatic N) is 1. The Bertz CT molecular complexity index is 127. The van der Waals surface area contributed by atoms with E-state index < -0.39 is 0 Å². The first-order chi connectivity index (χ1) is 5.36. The maximum Gasteiger partial charge on any atom is 0.121 e. The van der Waals surface area contributed by atoms with Crippen molar-refractivity contribution >= 4 is 6.29 Å². The molecule has 3 nitrogen and oxygen atoms in total. The van der Waals surface area contributed by atoms with Gasteiger partial charge in [0, 0.05) is 19.5 Å². The summed E-state index contributed by atoms with van der Waals surface area (Å²) in [6.45, 7) is 3.91. The van der Waals surface area contributed by atoms with E-state index in [0.717, 1.165) is 32.5 Å². The first kappa shape index (κ1) is 8.68. The van der Waals surface area contributed by atoms with Gasteiger partial charge in [-0.2, -0.15) is 0 Å². The van der Waals surface area contributed by atoms with Crippen LogP contribution < -0.4 is 5.73 Å². The SMILES string of the molecule is NCC1CCN(CCC=O)C1. The van der Waals surface area contributed by atoms with E-state index in [4.69, 9.17) is 5.73 Å². The van der Waals surface area contributed by atoms with E-state index in [1.54, 1.807) is 0 Å². The number of rotatable bonds is 4. The Hall–Kier alpha value is -0.410. The van der Waals surface area contributed by atoms with Crippen LogP contribution in [0.25, 0.3) is 0 Å². The second-order valence-corrected chi connectivity index (χ2v) is 3.15. The molecule has 1 aliphatic rings. The van der Waals surface area contributed by atoms with Crippen LogP contribution in [-0.2, 0) is 4.79 Å². The lowest BCUT2D eigenvalue weighted by molar-refractivity contribution is -0.108. The molecule has 1 heterocycles. The van der Waals surface area contributed by atoms with E-state index in [-0.39, 0.29) is 0 Å². The Kier molecular flexibility index (Phi) is 3.52. The zero-order valence-corrected chi connectivity index (χ0v) is 6.83. The molecule has 0 radical (unpaired) electrons. The third-order valence-corrected chi connectivity index (χ3v) is 2.27. The molecule has 1 fully saturated rings. The summed E-state index contributed by atoms with van der Waals surface area (Å²) in [7, 11) is 0. The van der Waals surface area contributed by atoms with Crippen molar-refractivity contribution in [2.75, 3.05) is 26.2 Å². The molecule has 0 saturated carbocycles. The van der Waals surface area contributed by atoms with E-state index in [9.17, 15) is 4.79 Å². The highest BCUT2D eigenvalue weighted by Gasteiger charge is 2.19. The normalized spacial score (nSPS) is 25.7. The maximum absolute atomic E-state index is 10.1. The van der Waals surface area contributed by atoms with Crippen molar-refractivity contribution in [1.82, 2.24) is 4.90 Å². The van der Waals surface area contributed by atoms with Gasteiger partial charge in [-0.05, 0) is 25.4 Å². The molecule has 0 spiro atoms. The average molecular weight is 156 g/mol. The highest BCUT2D eigenvalue weighted by molar-refractivity contribution is 5.49. The molecule has 11 heavy (non-hydrogen) atoms.